The second-order valence-electron chi connectivity index (χ2n) is 4.10. The van der Waals surface area contributed by atoms with Crippen molar-refractivity contribution in [3.8, 4) is 5.75 Å². The van der Waals surface area contributed by atoms with E-state index in [9.17, 15) is 22.8 Å². The van der Waals surface area contributed by atoms with E-state index >= 15 is 0 Å². The molecule has 9 heteroatoms. The summed E-state index contributed by atoms with van der Waals surface area (Å²) in [7, 11) is 1.20. The summed E-state index contributed by atoms with van der Waals surface area (Å²) in [6.07, 6.45) is -5.41. The molecular formula is C12H13F3N2O4. The number of hydrogen-bond acceptors (Lipinski definition) is 4. The first kappa shape index (κ1) is 16.8. The monoisotopic (exact) mass is 306 g/mol. The number of carbonyl (C=O) groups is 2. The molecule has 0 saturated heterocycles. The molecule has 1 amide bonds. The van der Waals surface area contributed by atoms with Crippen LogP contribution in [0.1, 0.15) is 12.0 Å². The highest BCUT2D eigenvalue weighted by molar-refractivity contribution is 5.97. The number of rotatable bonds is 5. The van der Waals surface area contributed by atoms with Crippen molar-refractivity contribution < 1.29 is 32.6 Å². The molecule has 6 nitrogen and oxygen atoms in total. The minimum absolute atomic E-state index is 0.0323. The Morgan fingerprint density at radius 2 is 2.05 bits per heavy atom. The van der Waals surface area contributed by atoms with Crippen LogP contribution in [0.2, 0.25) is 0 Å². The van der Waals surface area contributed by atoms with Crippen molar-refractivity contribution in [1.29, 1.82) is 0 Å². The molecule has 0 radical (unpaired) electrons. The van der Waals surface area contributed by atoms with E-state index in [1.165, 1.54) is 13.2 Å². The van der Waals surface area contributed by atoms with E-state index in [0.717, 1.165) is 12.1 Å². The molecular weight excluding hydrogens is 293 g/mol. The highest BCUT2D eigenvalue weighted by Crippen LogP contribution is 2.37. The molecule has 1 unspecified atom stereocenters. The number of nitrogens with two attached hydrogens (primary N) is 1. The van der Waals surface area contributed by atoms with E-state index in [2.05, 4.69) is 0 Å². The molecule has 1 atom stereocenters. The van der Waals surface area contributed by atoms with Gasteiger partial charge in [-0.2, -0.15) is 13.2 Å². The molecule has 0 bridgehead atoms. The van der Waals surface area contributed by atoms with E-state index in [4.69, 9.17) is 15.6 Å². The van der Waals surface area contributed by atoms with Crippen molar-refractivity contribution in [2.45, 2.75) is 18.6 Å². The molecule has 0 aromatic heterocycles. The van der Waals surface area contributed by atoms with Crippen molar-refractivity contribution >= 4 is 17.6 Å². The highest BCUT2D eigenvalue weighted by Gasteiger charge is 2.35. The molecule has 1 rings (SSSR count). The van der Waals surface area contributed by atoms with Gasteiger partial charge in [0.15, 0.2) is 0 Å². The van der Waals surface area contributed by atoms with E-state index in [-0.39, 0.29) is 5.75 Å². The minimum Gasteiger partial charge on any atom is -0.497 e. The Balaban J connectivity index is 3.02. The smallest absolute Gasteiger partial charge is 0.418 e. The zero-order valence-corrected chi connectivity index (χ0v) is 10.9. The van der Waals surface area contributed by atoms with E-state index in [1.54, 1.807) is 0 Å². The van der Waals surface area contributed by atoms with Crippen LogP contribution in [-0.2, 0) is 15.8 Å². The van der Waals surface area contributed by atoms with Crippen molar-refractivity contribution in [3.05, 3.63) is 23.8 Å². The average molecular weight is 306 g/mol. The Hall–Kier alpha value is -2.29. The van der Waals surface area contributed by atoms with Crippen LogP contribution in [0.25, 0.3) is 0 Å². The first-order valence-corrected chi connectivity index (χ1v) is 5.68. The van der Waals surface area contributed by atoms with Crippen LogP contribution in [-0.4, -0.2) is 30.1 Å². The molecule has 0 saturated carbocycles. The number of hydrogen-bond donors (Lipinski definition) is 3. The van der Waals surface area contributed by atoms with E-state index < -0.39 is 41.8 Å². The standard InChI is InChI=1S/C12H13F3N2O4/c1-21-6-2-3-9(7(4-6)12(13,14)15)17-11(20)8(16)5-10(18)19/h2-4,8H,5,16H2,1H3,(H,17,20)(H,18,19). The highest BCUT2D eigenvalue weighted by atomic mass is 19.4. The number of carbonyl (C=O) groups excluding carboxylic acids is 1. The molecule has 1 aromatic carbocycles. The third-order valence-electron chi connectivity index (χ3n) is 2.52. The Labute approximate surface area is 117 Å². The SMILES string of the molecule is COc1ccc(NC(=O)C(N)CC(=O)O)c(C(F)(F)F)c1. The normalized spacial score (nSPS) is 12.6. The molecule has 21 heavy (non-hydrogen) atoms. The van der Waals surface area contributed by atoms with Crippen LogP contribution in [0.15, 0.2) is 18.2 Å². The van der Waals surface area contributed by atoms with Gasteiger partial charge in [0.25, 0.3) is 0 Å². The van der Waals surface area contributed by atoms with Crippen LogP contribution < -0.4 is 15.8 Å². The van der Waals surface area contributed by atoms with Crippen LogP contribution in [0, 0.1) is 0 Å². The average Bonchev–Trinajstić information content (AvgIpc) is 2.37. The third kappa shape index (κ3) is 4.63. The van der Waals surface area contributed by atoms with Gasteiger partial charge in [0.05, 0.1) is 30.8 Å². The number of halogens is 3. The van der Waals surface area contributed by atoms with Gasteiger partial charge in [0, 0.05) is 0 Å². The second kappa shape index (κ2) is 6.44. The van der Waals surface area contributed by atoms with Crippen LogP contribution >= 0.6 is 0 Å². The lowest BCUT2D eigenvalue weighted by molar-refractivity contribution is -0.139. The summed E-state index contributed by atoms with van der Waals surface area (Å²) in [5.74, 6) is -2.38. The fourth-order valence-electron chi connectivity index (χ4n) is 1.50. The van der Waals surface area contributed by atoms with Gasteiger partial charge in [-0.3, -0.25) is 9.59 Å². The quantitative estimate of drug-likeness (QED) is 0.764. The van der Waals surface area contributed by atoms with Gasteiger partial charge in [-0.15, -0.1) is 0 Å². The Bertz CT molecular complexity index is 546. The molecule has 0 aliphatic carbocycles. The van der Waals surface area contributed by atoms with E-state index in [0.29, 0.717) is 0 Å². The number of carboxylic acids is 1. The number of anilines is 1. The summed E-state index contributed by atoms with van der Waals surface area (Å²) in [5.41, 5.74) is 3.65. The number of methoxy groups -OCH3 is 1. The van der Waals surface area contributed by atoms with Crippen molar-refractivity contribution in [2.75, 3.05) is 12.4 Å². The number of ether oxygens (including phenoxy) is 1. The zero-order chi connectivity index (χ0) is 16.2. The number of benzene rings is 1. The topological polar surface area (TPSA) is 102 Å². The zero-order valence-electron chi connectivity index (χ0n) is 10.9. The Morgan fingerprint density at radius 3 is 2.52 bits per heavy atom. The predicted octanol–water partition coefficient (Wildman–Crippen LogP) is 1.45. The summed E-state index contributed by atoms with van der Waals surface area (Å²) in [6.45, 7) is 0. The first-order valence-electron chi connectivity index (χ1n) is 5.68. The van der Waals surface area contributed by atoms with Gasteiger partial charge in [-0.05, 0) is 18.2 Å². The van der Waals surface area contributed by atoms with Crippen LogP contribution in [0.3, 0.4) is 0 Å². The number of nitrogens with one attached hydrogen (secondary N) is 1. The molecule has 0 spiro atoms. The van der Waals surface area contributed by atoms with Gasteiger partial charge < -0.3 is 20.9 Å². The molecule has 1 aromatic rings. The fraction of sp³-hybridized carbons (Fsp3) is 0.333. The summed E-state index contributed by atoms with van der Waals surface area (Å²) in [4.78, 5) is 22.0. The maximum Gasteiger partial charge on any atom is 0.418 e. The molecule has 116 valence electrons. The maximum atomic E-state index is 12.9. The second-order valence-corrected chi connectivity index (χ2v) is 4.10. The molecule has 0 aliphatic rings. The summed E-state index contributed by atoms with van der Waals surface area (Å²) in [6, 6.07) is 1.50. The summed E-state index contributed by atoms with van der Waals surface area (Å²) < 4.78 is 43.4. The third-order valence-corrected chi connectivity index (χ3v) is 2.52. The first-order chi connectivity index (χ1) is 9.65. The Morgan fingerprint density at radius 1 is 1.43 bits per heavy atom. The van der Waals surface area contributed by atoms with Gasteiger partial charge in [-0.25, -0.2) is 0 Å². The lowest BCUT2D eigenvalue weighted by atomic mass is 10.1. The van der Waals surface area contributed by atoms with Gasteiger partial charge in [0.1, 0.15) is 5.75 Å². The lowest BCUT2D eigenvalue weighted by Gasteiger charge is -2.16. The molecule has 0 fully saturated rings. The predicted molar refractivity (Wildman–Crippen MR) is 66.9 cm³/mol. The van der Waals surface area contributed by atoms with Gasteiger partial charge in [-0.1, -0.05) is 0 Å². The maximum absolute atomic E-state index is 12.9. The number of aliphatic carboxylic acids is 1. The number of alkyl halides is 3. The van der Waals surface area contributed by atoms with Crippen molar-refractivity contribution in [3.63, 3.8) is 0 Å². The molecule has 0 heterocycles. The Kier molecular flexibility index (Phi) is 5.14. The molecule has 4 N–H and O–H groups in total. The van der Waals surface area contributed by atoms with Gasteiger partial charge >= 0.3 is 12.1 Å². The summed E-state index contributed by atoms with van der Waals surface area (Å²) in [5, 5.41) is 10.5. The fourth-order valence-corrected chi connectivity index (χ4v) is 1.50. The van der Waals surface area contributed by atoms with Gasteiger partial charge in [0.2, 0.25) is 5.91 Å². The van der Waals surface area contributed by atoms with Crippen LogP contribution in [0.5, 0.6) is 5.75 Å². The number of carboxylic acid groups (broad SMARTS) is 1. The van der Waals surface area contributed by atoms with Crippen molar-refractivity contribution in [1.82, 2.24) is 0 Å². The minimum atomic E-state index is -4.71. The lowest BCUT2D eigenvalue weighted by Crippen LogP contribution is -2.37. The van der Waals surface area contributed by atoms with Crippen molar-refractivity contribution in [2.24, 2.45) is 5.73 Å². The summed E-state index contributed by atoms with van der Waals surface area (Å²) >= 11 is 0. The molecule has 0 aliphatic heterocycles. The number of amides is 1. The van der Waals surface area contributed by atoms with Crippen LogP contribution in [0.4, 0.5) is 18.9 Å². The van der Waals surface area contributed by atoms with E-state index in [1.807, 2.05) is 5.32 Å². The largest absolute Gasteiger partial charge is 0.497 e.